The fraction of sp³-hybridized carbons (Fsp3) is 0.250. The molecule has 0 aliphatic heterocycles. The van der Waals surface area contributed by atoms with Gasteiger partial charge >= 0.3 is 0 Å². The highest BCUT2D eigenvalue weighted by atomic mass is 16.2. The number of rotatable bonds is 4. The van der Waals surface area contributed by atoms with E-state index in [1.807, 2.05) is 44.2 Å². The summed E-state index contributed by atoms with van der Waals surface area (Å²) >= 11 is 0. The molecule has 0 saturated carbocycles. The van der Waals surface area contributed by atoms with Crippen LogP contribution in [0, 0.1) is 5.92 Å². The minimum atomic E-state index is -0.0421. The highest BCUT2D eigenvalue weighted by Gasteiger charge is 2.08. The van der Waals surface area contributed by atoms with Crippen LogP contribution in [0.4, 0.5) is 0 Å². The van der Waals surface area contributed by atoms with E-state index in [1.54, 1.807) is 6.21 Å². The summed E-state index contributed by atoms with van der Waals surface area (Å²) in [6.07, 6.45) is 2.49. The Morgan fingerprint density at radius 3 is 2.74 bits per heavy atom. The number of amides is 1. The minimum Gasteiger partial charge on any atom is -0.273 e. The lowest BCUT2D eigenvalue weighted by molar-refractivity contribution is -0.124. The molecule has 0 aliphatic rings. The molecule has 1 unspecified atom stereocenters. The largest absolute Gasteiger partial charge is 0.273 e. The molecule has 1 atom stereocenters. The first-order chi connectivity index (χ1) is 9.20. The number of carbonyl (C=O) groups is 1. The molecule has 2 aromatic carbocycles. The number of carbonyl (C=O) groups excluding carboxylic acids is 1. The molecule has 0 spiro atoms. The van der Waals surface area contributed by atoms with E-state index in [-0.39, 0.29) is 11.8 Å². The number of hydrogen-bond donors (Lipinski definition) is 1. The van der Waals surface area contributed by atoms with E-state index in [9.17, 15) is 4.79 Å². The molecule has 19 heavy (non-hydrogen) atoms. The fourth-order valence-corrected chi connectivity index (χ4v) is 1.75. The van der Waals surface area contributed by atoms with Crippen LogP contribution in [-0.2, 0) is 4.79 Å². The standard InChI is InChI=1S/C16H18N2O/c1-3-12(2)16(19)18-17-11-13-8-9-14-6-4-5-7-15(14)10-13/h4-12H,3H2,1-2H3,(H,18,19)/b17-11+. The van der Waals surface area contributed by atoms with E-state index in [1.165, 1.54) is 10.8 Å². The second-order valence-electron chi connectivity index (χ2n) is 4.65. The maximum Gasteiger partial charge on any atom is 0.242 e. The summed E-state index contributed by atoms with van der Waals surface area (Å²) in [7, 11) is 0. The van der Waals surface area contributed by atoms with Crippen molar-refractivity contribution in [3.63, 3.8) is 0 Å². The first-order valence-electron chi connectivity index (χ1n) is 6.52. The van der Waals surface area contributed by atoms with Gasteiger partial charge in [0.05, 0.1) is 6.21 Å². The van der Waals surface area contributed by atoms with Crippen molar-refractivity contribution in [1.29, 1.82) is 0 Å². The topological polar surface area (TPSA) is 41.5 Å². The van der Waals surface area contributed by atoms with Gasteiger partial charge < -0.3 is 0 Å². The molecule has 2 rings (SSSR count). The lowest BCUT2D eigenvalue weighted by Gasteiger charge is -2.05. The van der Waals surface area contributed by atoms with Gasteiger partial charge in [-0.1, -0.05) is 50.2 Å². The van der Waals surface area contributed by atoms with Gasteiger partial charge in [-0.2, -0.15) is 5.10 Å². The van der Waals surface area contributed by atoms with Crippen molar-refractivity contribution in [3.05, 3.63) is 48.0 Å². The van der Waals surface area contributed by atoms with Gasteiger partial charge in [0.2, 0.25) is 5.91 Å². The first-order valence-corrected chi connectivity index (χ1v) is 6.52. The minimum absolute atomic E-state index is 0.00578. The van der Waals surface area contributed by atoms with Crippen LogP contribution in [0.3, 0.4) is 0 Å². The molecule has 0 radical (unpaired) electrons. The number of benzene rings is 2. The SMILES string of the molecule is CCC(C)C(=O)N/N=C/c1ccc2ccccc2c1. The zero-order valence-electron chi connectivity index (χ0n) is 11.3. The van der Waals surface area contributed by atoms with Gasteiger partial charge in [-0.15, -0.1) is 0 Å². The van der Waals surface area contributed by atoms with Gasteiger partial charge in [0.25, 0.3) is 0 Å². The third kappa shape index (κ3) is 3.41. The van der Waals surface area contributed by atoms with Crippen LogP contribution in [0.25, 0.3) is 10.8 Å². The molecule has 0 bridgehead atoms. The smallest absolute Gasteiger partial charge is 0.242 e. The Hall–Kier alpha value is -2.16. The van der Waals surface area contributed by atoms with E-state index in [2.05, 4.69) is 22.7 Å². The van der Waals surface area contributed by atoms with Crippen molar-refractivity contribution in [2.45, 2.75) is 20.3 Å². The predicted molar refractivity (Wildman–Crippen MR) is 79.1 cm³/mol. The highest BCUT2D eigenvalue weighted by Crippen LogP contribution is 2.14. The van der Waals surface area contributed by atoms with Crippen LogP contribution in [0.5, 0.6) is 0 Å². The highest BCUT2D eigenvalue weighted by molar-refractivity contribution is 5.90. The van der Waals surface area contributed by atoms with E-state index >= 15 is 0 Å². The molecule has 1 N–H and O–H groups in total. The van der Waals surface area contributed by atoms with Gasteiger partial charge in [0.15, 0.2) is 0 Å². The molecule has 3 heteroatoms. The van der Waals surface area contributed by atoms with Crippen LogP contribution in [0.1, 0.15) is 25.8 Å². The van der Waals surface area contributed by atoms with E-state index in [0.29, 0.717) is 0 Å². The van der Waals surface area contributed by atoms with Crippen molar-refractivity contribution < 1.29 is 4.79 Å². The molecule has 0 fully saturated rings. The van der Waals surface area contributed by atoms with Crippen LogP contribution >= 0.6 is 0 Å². The van der Waals surface area contributed by atoms with Crippen molar-refractivity contribution in [2.24, 2.45) is 11.0 Å². The summed E-state index contributed by atoms with van der Waals surface area (Å²) in [5.41, 5.74) is 3.54. The maximum atomic E-state index is 11.6. The Morgan fingerprint density at radius 1 is 1.26 bits per heavy atom. The lowest BCUT2D eigenvalue weighted by Crippen LogP contribution is -2.24. The van der Waals surface area contributed by atoms with Crippen molar-refractivity contribution in [1.82, 2.24) is 5.43 Å². The van der Waals surface area contributed by atoms with E-state index < -0.39 is 0 Å². The van der Waals surface area contributed by atoms with E-state index in [0.717, 1.165) is 12.0 Å². The normalized spacial score (nSPS) is 12.7. The Balaban J connectivity index is 2.07. The van der Waals surface area contributed by atoms with Crippen LogP contribution in [0.15, 0.2) is 47.6 Å². The third-order valence-corrected chi connectivity index (χ3v) is 3.22. The quantitative estimate of drug-likeness (QED) is 0.660. The molecule has 2 aromatic rings. The second kappa shape index (κ2) is 6.14. The van der Waals surface area contributed by atoms with Gasteiger partial charge in [-0.25, -0.2) is 5.43 Å². The molecule has 3 nitrogen and oxygen atoms in total. The van der Waals surface area contributed by atoms with Crippen LogP contribution < -0.4 is 5.43 Å². The monoisotopic (exact) mass is 254 g/mol. The lowest BCUT2D eigenvalue weighted by atomic mass is 10.1. The fourth-order valence-electron chi connectivity index (χ4n) is 1.75. The zero-order chi connectivity index (χ0) is 13.7. The number of fused-ring (bicyclic) bond motifs is 1. The number of hydrogen-bond acceptors (Lipinski definition) is 2. The number of nitrogens with zero attached hydrogens (tertiary/aromatic N) is 1. The van der Waals surface area contributed by atoms with Crippen molar-refractivity contribution >= 4 is 22.9 Å². The van der Waals surface area contributed by atoms with Crippen LogP contribution in [0.2, 0.25) is 0 Å². The molecular formula is C16H18N2O. The summed E-state index contributed by atoms with van der Waals surface area (Å²) in [5, 5.41) is 6.36. The van der Waals surface area contributed by atoms with Gasteiger partial charge in [0.1, 0.15) is 0 Å². The Bertz CT molecular complexity index is 604. The molecule has 98 valence electrons. The molecule has 1 amide bonds. The third-order valence-electron chi connectivity index (χ3n) is 3.22. The maximum absolute atomic E-state index is 11.6. The van der Waals surface area contributed by atoms with Gasteiger partial charge in [-0.05, 0) is 28.8 Å². The average molecular weight is 254 g/mol. The summed E-state index contributed by atoms with van der Waals surface area (Å²) in [5.74, 6) is -0.0479. The predicted octanol–water partition coefficient (Wildman–Crippen LogP) is 3.34. The Kier molecular flexibility index (Phi) is 4.29. The number of hydrazone groups is 1. The van der Waals surface area contributed by atoms with Crippen LogP contribution in [-0.4, -0.2) is 12.1 Å². The molecule has 0 heterocycles. The van der Waals surface area contributed by atoms with E-state index in [4.69, 9.17) is 0 Å². The molecule has 0 aromatic heterocycles. The summed E-state index contributed by atoms with van der Waals surface area (Å²) < 4.78 is 0. The van der Waals surface area contributed by atoms with Gasteiger partial charge in [0, 0.05) is 5.92 Å². The summed E-state index contributed by atoms with van der Waals surface area (Å²) in [6, 6.07) is 14.2. The number of nitrogens with one attached hydrogen (secondary N) is 1. The van der Waals surface area contributed by atoms with Gasteiger partial charge in [-0.3, -0.25) is 4.79 Å². The molecule has 0 saturated heterocycles. The molecular weight excluding hydrogens is 236 g/mol. The second-order valence-corrected chi connectivity index (χ2v) is 4.65. The Labute approximate surface area is 113 Å². The van der Waals surface area contributed by atoms with Crippen molar-refractivity contribution in [2.75, 3.05) is 0 Å². The molecule has 0 aliphatic carbocycles. The average Bonchev–Trinajstić information content (AvgIpc) is 2.46. The zero-order valence-corrected chi connectivity index (χ0v) is 11.3. The van der Waals surface area contributed by atoms with Crippen molar-refractivity contribution in [3.8, 4) is 0 Å². The Morgan fingerprint density at radius 2 is 2.00 bits per heavy atom. The summed E-state index contributed by atoms with van der Waals surface area (Å²) in [4.78, 5) is 11.6. The first kappa shape index (κ1) is 13.3. The summed E-state index contributed by atoms with van der Waals surface area (Å²) in [6.45, 7) is 3.87.